The average molecular weight is 419 g/mol. The summed E-state index contributed by atoms with van der Waals surface area (Å²) in [5, 5.41) is 10.2. The van der Waals surface area contributed by atoms with E-state index in [4.69, 9.17) is 0 Å². The number of aromatic nitrogens is 2. The SMILES string of the molecule is CC(C)(C)NS(=O)(=O)c1ccc(Br)c(C(=O)Nc2nncs2)c1. The fraction of sp³-hybridized carbons (Fsp3) is 0.308. The summed E-state index contributed by atoms with van der Waals surface area (Å²) < 4.78 is 27.8. The zero-order valence-corrected chi connectivity index (χ0v) is 15.8. The molecule has 10 heteroatoms. The molecule has 0 aliphatic carbocycles. The first-order valence-corrected chi connectivity index (χ1v) is 9.65. The van der Waals surface area contributed by atoms with Crippen LogP contribution in [0.4, 0.5) is 5.13 Å². The molecule has 0 saturated heterocycles. The summed E-state index contributed by atoms with van der Waals surface area (Å²) in [4.78, 5) is 12.3. The third-order valence-electron chi connectivity index (χ3n) is 2.51. The molecule has 2 aromatic rings. The number of hydrogen-bond acceptors (Lipinski definition) is 6. The minimum Gasteiger partial charge on any atom is -0.296 e. The number of anilines is 1. The van der Waals surface area contributed by atoms with E-state index in [-0.39, 0.29) is 10.5 Å². The number of nitrogens with one attached hydrogen (secondary N) is 2. The van der Waals surface area contributed by atoms with Crippen LogP contribution >= 0.6 is 27.3 Å². The summed E-state index contributed by atoms with van der Waals surface area (Å²) in [7, 11) is -3.73. The number of rotatable bonds is 4. The molecule has 2 rings (SSSR count). The van der Waals surface area contributed by atoms with Gasteiger partial charge >= 0.3 is 0 Å². The number of sulfonamides is 1. The maximum absolute atomic E-state index is 12.4. The van der Waals surface area contributed by atoms with E-state index in [1.807, 2.05) is 0 Å². The van der Waals surface area contributed by atoms with Gasteiger partial charge in [0.05, 0.1) is 10.5 Å². The van der Waals surface area contributed by atoms with Crippen LogP contribution in [-0.2, 0) is 10.0 Å². The lowest BCUT2D eigenvalue weighted by Crippen LogP contribution is -2.40. The first-order chi connectivity index (χ1) is 10.6. The first kappa shape index (κ1) is 18.0. The average Bonchev–Trinajstić information content (AvgIpc) is 2.88. The van der Waals surface area contributed by atoms with Crippen molar-refractivity contribution in [3.05, 3.63) is 33.7 Å². The Balaban J connectivity index is 2.34. The van der Waals surface area contributed by atoms with Gasteiger partial charge in [0.25, 0.3) is 5.91 Å². The van der Waals surface area contributed by atoms with E-state index in [2.05, 4.69) is 36.2 Å². The van der Waals surface area contributed by atoms with Crippen LogP contribution < -0.4 is 10.0 Å². The molecule has 2 N–H and O–H groups in total. The van der Waals surface area contributed by atoms with Crippen molar-refractivity contribution < 1.29 is 13.2 Å². The molecule has 1 aromatic carbocycles. The Labute approximate surface area is 146 Å². The number of nitrogens with zero attached hydrogens (tertiary/aromatic N) is 2. The van der Waals surface area contributed by atoms with Crippen molar-refractivity contribution in [1.29, 1.82) is 0 Å². The number of benzene rings is 1. The zero-order chi connectivity index (χ0) is 17.3. The highest BCUT2D eigenvalue weighted by molar-refractivity contribution is 9.10. The molecular formula is C13H15BrN4O3S2. The van der Waals surface area contributed by atoms with Crippen molar-refractivity contribution in [2.75, 3.05) is 5.32 Å². The van der Waals surface area contributed by atoms with Gasteiger partial charge in [0.1, 0.15) is 5.51 Å². The number of carbonyl (C=O) groups is 1. The van der Waals surface area contributed by atoms with E-state index in [0.717, 1.165) is 0 Å². The van der Waals surface area contributed by atoms with Gasteiger partial charge in [-0.3, -0.25) is 10.1 Å². The Bertz CT molecular complexity index is 814. The van der Waals surface area contributed by atoms with Gasteiger partial charge < -0.3 is 0 Å². The molecule has 0 fully saturated rings. The van der Waals surface area contributed by atoms with E-state index >= 15 is 0 Å². The molecule has 0 spiro atoms. The van der Waals surface area contributed by atoms with E-state index in [1.54, 1.807) is 20.8 Å². The Morgan fingerprint density at radius 3 is 2.57 bits per heavy atom. The second-order valence-electron chi connectivity index (χ2n) is 5.70. The van der Waals surface area contributed by atoms with Crippen LogP contribution in [0.5, 0.6) is 0 Å². The number of carbonyl (C=O) groups excluding carboxylic acids is 1. The Hall–Kier alpha value is -1.36. The minimum atomic E-state index is -3.73. The molecule has 1 amide bonds. The fourth-order valence-corrected chi connectivity index (χ4v) is 4.01. The predicted octanol–water partition coefficient (Wildman–Crippen LogP) is 2.63. The number of halogens is 1. The quantitative estimate of drug-likeness (QED) is 0.794. The molecule has 124 valence electrons. The van der Waals surface area contributed by atoms with Crippen LogP contribution in [0.25, 0.3) is 0 Å². The molecule has 1 heterocycles. The Kier molecular flexibility index (Phi) is 5.19. The molecule has 0 aliphatic rings. The predicted molar refractivity (Wildman–Crippen MR) is 92.1 cm³/mol. The van der Waals surface area contributed by atoms with E-state index in [0.29, 0.717) is 9.60 Å². The summed E-state index contributed by atoms with van der Waals surface area (Å²) >= 11 is 4.42. The fourth-order valence-electron chi connectivity index (χ4n) is 1.70. The van der Waals surface area contributed by atoms with Crippen molar-refractivity contribution in [2.45, 2.75) is 31.2 Å². The normalized spacial score (nSPS) is 12.2. The first-order valence-electron chi connectivity index (χ1n) is 6.49. The lowest BCUT2D eigenvalue weighted by molar-refractivity contribution is 0.102. The minimum absolute atomic E-state index is 0.0121. The molecule has 23 heavy (non-hydrogen) atoms. The smallest absolute Gasteiger partial charge is 0.258 e. The van der Waals surface area contributed by atoms with Crippen molar-refractivity contribution in [1.82, 2.24) is 14.9 Å². The van der Waals surface area contributed by atoms with Gasteiger partial charge in [-0.05, 0) is 54.9 Å². The van der Waals surface area contributed by atoms with Crippen LogP contribution in [0.15, 0.2) is 33.1 Å². The van der Waals surface area contributed by atoms with Crippen molar-refractivity contribution >= 4 is 48.3 Å². The number of amides is 1. The standard InChI is InChI=1S/C13H15BrN4O3S2/c1-13(2,3)18-23(20,21)8-4-5-10(14)9(6-8)11(19)16-12-17-15-7-22-12/h4-7,18H,1-3H3,(H,16,17,19). The van der Waals surface area contributed by atoms with Gasteiger partial charge in [0.2, 0.25) is 15.2 Å². The van der Waals surface area contributed by atoms with Gasteiger partial charge in [-0.1, -0.05) is 11.3 Å². The van der Waals surface area contributed by atoms with Crippen molar-refractivity contribution in [2.24, 2.45) is 0 Å². The van der Waals surface area contributed by atoms with E-state index in [1.165, 1.54) is 35.0 Å². The summed E-state index contributed by atoms with van der Waals surface area (Å²) in [5.74, 6) is -0.471. The zero-order valence-electron chi connectivity index (χ0n) is 12.6. The Morgan fingerprint density at radius 1 is 1.30 bits per heavy atom. The van der Waals surface area contributed by atoms with Crippen molar-refractivity contribution in [3.63, 3.8) is 0 Å². The second-order valence-corrected chi connectivity index (χ2v) is 9.07. The number of hydrogen-bond donors (Lipinski definition) is 2. The van der Waals surface area contributed by atoms with Gasteiger partial charge in [-0.2, -0.15) is 0 Å². The molecule has 0 saturated carbocycles. The lowest BCUT2D eigenvalue weighted by atomic mass is 10.1. The molecular weight excluding hydrogens is 404 g/mol. The summed E-state index contributed by atoms with van der Waals surface area (Å²) in [6.45, 7) is 5.23. The van der Waals surface area contributed by atoms with Crippen molar-refractivity contribution in [3.8, 4) is 0 Å². The third-order valence-corrected chi connectivity index (χ3v) is 5.57. The highest BCUT2D eigenvalue weighted by atomic mass is 79.9. The maximum Gasteiger partial charge on any atom is 0.258 e. The van der Waals surface area contributed by atoms with Gasteiger partial charge in [0, 0.05) is 10.0 Å². The Morgan fingerprint density at radius 2 is 2.00 bits per heavy atom. The highest BCUT2D eigenvalue weighted by Gasteiger charge is 2.24. The molecule has 0 bridgehead atoms. The molecule has 0 atom stereocenters. The molecule has 0 radical (unpaired) electrons. The topological polar surface area (TPSA) is 101 Å². The van der Waals surface area contributed by atoms with E-state index in [9.17, 15) is 13.2 Å². The van der Waals surface area contributed by atoms with Crippen LogP contribution in [0.2, 0.25) is 0 Å². The molecule has 1 aromatic heterocycles. The third kappa shape index (κ3) is 4.80. The lowest BCUT2D eigenvalue weighted by Gasteiger charge is -2.20. The maximum atomic E-state index is 12.4. The van der Waals surface area contributed by atoms with Gasteiger partial charge in [-0.25, -0.2) is 13.1 Å². The molecule has 0 unspecified atom stereocenters. The summed E-state index contributed by atoms with van der Waals surface area (Å²) in [6, 6.07) is 4.26. The summed E-state index contributed by atoms with van der Waals surface area (Å²) in [5.41, 5.74) is 1.05. The molecule has 7 nitrogen and oxygen atoms in total. The van der Waals surface area contributed by atoms with Crippen LogP contribution in [0.1, 0.15) is 31.1 Å². The van der Waals surface area contributed by atoms with Gasteiger partial charge in [-0.15, -0.1) is 10.2 Å². The largest absolute Gasteiger partial charge is 0.296 e. The monoisotopic (exact) mass is 418 g/mol. The van der Waals surface area contributed by atoms with E-state index < -0.39 is 21.5 Å². The highest BCUT2D eigenvalue weighted by Crippen LogP contribution is 2.23. The second kappa shape index (κ2) is 6.63. The van der Waals surface area contributed by atoms with Gasteiger partial charge in [0.15, 0.2) is 0 Å². The van der Waals surface area contributed by atoms with Crippen LogP contribution in [0.3, 0.4) is 0 Å². The van der Waals surface area contributed by atoms with Crippen LogP contribution in [-0.4, -0.2) is 30.1 Å². The molecule has 0 aliphatic heterocycles. The summed E-state index contributed by atoms with van der Waals surface area (Å²) in [6.07, 6.45) is 0. The van der Waals surface area contributed by atoms with Crippen LogP contribution in [0, 0.1) is 0 Å².